The highest BCUT2D eigenvalue weighted by Crippen LogP contribution is 2.32. The average molecular weight is 271 g/mol. The zero-order chi connectivity index (χ0) is 14.2. The van der Waals surface area contributed by atoms with Crippen molar-refractivity contribution in [1.29, 1.82) is 0 Å². The SMILES string of the molecule is CC1NCCC1c1nc(C(C)(C)c2ccccc2)no1. The van der Waals surface area contributed by atoms with Crippen LogP contribution in [0.15, 0.2) is 34.9 Å². The maximum atomic E-state index is 5.53. The number of nitrogens with one attached hydrogen (secondary N) is 1. The monoisotopic (exact) mass is 271 g/mol. The third-order valence-electron chi connectivity index (χ3n) is 4.34. The van der Waals surface area contributed by atoms with E-state index in [2.05, 4.69) is 48.4 Å². The second kappa shape index (κ2) is 5.02. The van der Waals surface area contributed by atoms with E-state index in [1.54, 1.807) is 0 Å². The Morgan fingerprint density at radius 1 is 1.25 bits per heavy atom. The molecule has 0 radical (unpaired) electrons. The summed E-state index contributed by atoms with van der Waals surface area (Å²) in [5.74, 6) is 1.86. The molecule has 1 saturated heterocycles. The lowest BCUT2D eigenvalue weighted by Crippen LogP contribution is -2.23. The molecule has 1 aromatic heterocycles. The number of aromatic nitrogens is 2. The van der Waals surface area contributed by atoms with Gasteiger partial charge in [0.25, 0.3) is 0 Å². The van der Waals surface area contributed by atoms with Crippen molar-refractivity contribution in [3.05, 3.63) is 47.6 Å². The summed E-state index contributed by atoms with van der Waals surface area (Å²) in [6.45, 7) is 7.45. The van der Waals surface area contributed by atoms with Crippen LogP contribution in [0.25, 0.3) is 0 Å². The van der Waals surface area contributed by atoms with E-state index in [4.69, 9.17) is 4.52 Å². The van der Waals surface area contributed by atoms with Crippen LogP contribution >= 0.6 is 0 Å². The summed E-state index contributed by atoms with van der Waals surface area (Å²) < 4.78 is 5.53. The molecule has 1 aliphatic rings. The van der Waals surface area contributed by atoms with Gasteiger partial charge in [0, 0.05) is 6.04 Å². The van der Waals surface area contributed by atoms with Crippen LogP contribution in [0.5, 0.6) is 0 Å². The second-order valence-corrected chi connectivity index (χ2v) is 6.09. The van der Waals surface area contributed by atoms with Gasteiger partial charge in [0.15, 0.2) is 5.82 Å². The van der Waals surface area contributed by atoms with Crippen molar-refractivity contribution in [2.45, 2.75) is 44.6 Å². The summed E-state index contributed by atoms with van der Waals surface area (Å²) in [7, 11) is 0. The van der Waals surface area contributed by atoms with Crippen molar-refractivity contribution < 1.29 is 4.52 Å². The van der Waals surface area contributed by atoms with Crippen LogP contribution in [0.2, 0.25) is 0 Å². The van der Waals surface area contributed by atoms with E-state index in [0.717, 1.165) is 24.7 Å². The van der Waals surface area contributed by atoms with Crippen LogP contribution in [0, 0.1) is 0 Å². The molecule has 2 unspecified atom stereocenters. The van der Waals surface area contributed by atoms with Crippen molar-refractivity contribution in [3.8, 4) is 0 Å². The third kappa shape index (κ3) is 2.24. The van der Waals surface area contributed by atoms with E-state index >= 15 is 0 Å². The van der Waals surface area contributed by atoms with Gasteiger partial charge in [-0.2, -0.15) is 4.98 Å². The fourth-order valence-corrected chi connectivity index (χ4v) is 2.82. The molecule has 2 heterocycles. The van der Waals surface area contributed by atoms with E-state index in [1.165, 1.54) is 5.56 Å². The van der Waals surface area contributed by atoms with Gasteiger partial charge >= 0.3 is 0 Å². The fraction of sp³-hybridized carbons (Fsp3) is 0.500. The summed E-state index contributed by atoms with van der Waals surface area (Å²) in [6, 6.07) is 10.7. The van der Waals surface area contributed by atoms with Crippen LogP contribution in [-0.4, -0.2) is 22.7 Å². The van der Waals surface area contributed by atoms with Crippen LogP contribution in [0.1, 0.15) is 50.4 Å². The third-order valence-corrected chi connectivity index (χ3v) is 4.34. The Morgan fingerprint density at radius 3 is 2.65 bits per heavy atom. The summed E-state index contributed by atoms with van der Waals surface area (Å²) in [5.41, 5.74) is 0.961. The highest BCUT2D eigenvalue weighted by atomic mass is 16.5. The largest absolute Gasteiger partial charge is 0.339 e. The molecule has 0 aliphatic carbocycles. The first kappa shape index (κ1) is 13.3. The summed E-state index contributed by atoms with van der Waals surface area (Å²) in [6.07, 6.45) is 1.06. The molecule has 1 aliphatic heterocycles. The summed E-state index contributed by atoms with van der Waals surface area (Å²) in [4.78, 5) is 4.67. The molecular formula is C16H21N3O. The number of rotatable bonds is 3. The van der Waals surface area contributed by atoms with Gasteiger partial charge in [-0.1, -0.05) is 35.5 Å². The van der Waals surface area contributed by atoms with Crippen molar-refractivity contribution in [2.24, 2.45) is 0 Å². The fourth-order valence-electron chi connectivity index (χ4n) is 2.82. The second-order valence-electron chi connectivity index (χ2n) is 6.09. The lowest BCUT2D eigenvalue weighted by molar-refractivity contribution is 0.337. The Bertz CT molecular complexity index is 576. The minimum atomic E-state index is -0.238. The van der Waals surface area contributed by atoms with Gasteiger partial charge < -0.3 is 9.84 Å². The van der Waals surface area contributed by atoms with Crippen LogP contribution in [0.4, 0.5) is 0 Å². The van der Waals surface area contributed by atoms with Gasteiger partial charge in [-0.25, -0.2) is 0 Å². The van der Waals surface area contributed by atoms with Gasteiger partial charge in [-0.15, -0.1) is 0 Å². The first-order valence-corrected chi connectivity index (χ1v) is 7.22. The Hall–Kier alpha value is -1.68. The molecule has 4 nitrogen and oxygen atoms in total. The zero-order valence-corrected chi connectivity index (χ0v) is 12.3. The highest BCUT2D eigenvalue weighted by Gasteiger charge is 2.33. The van der Waals surface area contributed by atoms with Gasteiger partial charge in [0.1, 0.15) is 0 Å². The number of hydrogen-bond donors (Lipinski definition) is 1. The van der Waals surface area contributed by atoms with E-state index in [9.17, 15) is 0 Å². The predicted molar refractivity (Wildman–Crippen MR) is 77.7 cm³/mol. The Morgan fingerprint density at radius 2 is 2.00 bits per heavy atom. The molecule has 0 amide bonds. The first-order chi connectivity index (χ1) is 9.59. The lowest BCUT2D eigenvalue weighted by Gasteiger charge is -2.20. The zero-order valence-electron chi connectivity index (χ0n) is 12.3. The molecule has 3 rings (SSSR count). The highest BCUT2D eigenvalue weighted by molar-refractivity contribution is 5.30. The Balaban J connectivity index is 1.90. The van der Waals surface area contributed by atoms with E-state index in [0.29, 0.717) is 12.0 Å². The number of hydrogen-bond acceptors (Lipinski definition) is 4. The molecule has 1 fully saturated rings. The molecule has 1 aromatic carbocycles. The minimum absolute atomic E-state index is 0.238. The summed E-state index contributed by atoms with van der Waals surface area (Å²) in [5, 5.41) is 7.65. The van der Waals surface area contributed by atoms with Crippen molar-refractivity contribution >= 4 is 0 Å². The van der Waals surface area contributed by atoms with Crippen molar-refractivity contribution in [3.63, 3.8) is 0 Å². The standard InChI is InChI=1S/C16H21N3O/c1-11-13(9-10-17-11)14-18-15(19-20-14)16(2,3)12-7-5-4-6-8-12/h4-8,11,13,17H,9-10H2,1-3H3. The molecule has 0 saturated carbocycles. The molecule has 0 bridgehead atoms. The Labute approximate surface area is 119 Å². The minimum Gasteiger partial charge on any atom is -0.339 e. The molecule has 106 valence electrons. The average Bonchev–Trinajstić information content (AvgIpc) is 3.08. The quantitative estimate of drug-likeness (QED) is 0.932. The van der Waals surface area contributed by atoms with Gasteiger partial charge in [0.2, 0.25) is 5.89 Å². The first-order valence-electron chi connectivity index (χ1n) is 7.22. The van der Waals surface area contributed by atoms with Gasteiger partial charge in [-0.3, -0.25) is 0 Å². The van der Waals surface area contributed by atoms with Crippen molar-refractivity contribution in [1.82, 2.24) is 15.5 Å². The van der Waals surface area contributed by atoms with Gasteiger partial charge in [-0.05, 0) is 39.3 Å². The maximum absolute atomic E-state index is 5.53. The lowest BCUT2D eigenvalue weighted by atomic mass is 9.84. The normalized spacial score (nSPS) is 23.1. The van der Waals surface area contributed by atoms with Gasteiger partial charge in [0.05, 0.1) is 11.3 Å². The maximum Gasteiger partial charge on any atom is 0.231 e. The molecule has 2 aromatic rings. The topological polar surface area (TPSA) is 51.0 Å². The van der Waals surface area contributed by atoms with E-state index < -0.39 is 0 Å². The Kier molecular flexibility index (Phi) is 3.34. The summed E-state index contributed by atoms with van der Waals surface area (Å²) >= 11 is 0. The molecular weight excluding hydrogens is 250 g/mol. The van der Waals surface area contributed by atoms with E-state index in [1.807, 2.05) is 18.2 Å². The molecule has 4 heteroatoms. The molecule has 2 atom stereocenters. The number of benzene rings is 1. The van der Waals surface area contributed by atoms with E-state index in [-0.39, 0.29) is 5.41 Å². The number of nitrogens with zero attached hydrogens (tertiary/aromatic N) is 2. The molecule has 1 N–H and O–H groups in total. The molecule has 20 heavy (non-hydrogen) atoms. The van der Waals surface area contributed by atoms with Crippen molar-refractivity contribution in [2.75, 3.05) is 6.54 Å². The smallest absolute Gasteiger partial charge is 0.231 e. The van der Waals surface area contributed by atoms with Crippen LogP contribution < -0.4 is 5.32 Å². The predicted octanol–water partition coefficient (Wildman–Crippen LogP) is 2.86. The van der Waals surface area contributed by atoms with Crippen LogP contribution in [-0.2, 0) is 5.41 Å². The molecule has 0 spiro atoms. The van der Waals surface area contributed by atoms with Crippen LogP contribution in [0.3, 0.4) is 0 Å².